The lowest BCUT2D eigenvalue weighted by Gasteiger charge is -2.02. The number of nitrogen functional groups attached to an aromatic ring is 1. The van der Waals surface area contributed by atoms with Gasteiger partial charge in [0.05, 0.1) is 17.1 Å². The van der Waals surface area contributed by atoms with Gasteiger partial charge >= 0.3 is 0 Å². The van der Waals surface area contributed by atoms with Gasteiger partial charge in [0.15, 0.2) is 11.5 Å². The molecule has 5 heteroatoms. The van der Waals surface area contributed by atoms with Gasteiger partial charge in [-0.3, -0.25) is 0 Å². The van der Waals surface area contributed by atoms with Crippen LogP contribution in [0.15, 0.2) is 83.0 Å². The number of azo groups is 1. The number of aromatic nitrogens is 2. The predicted molar refractivity (Wildman–Crippen MR) is 101 cm³/mol. The summed E-state index contributed by atoms with van der Waals surface area (Å²) in [4.78, 5) is 0. The van der Waals surface area contributed by atoms with E-state index in [0.29, 0.717) is 11.5 Å². The summed E-state index contributed by atoms with van der Waals surface area (Å²) in [5, 5.41) is 15.5. The molecule has 0 atom stereocenters. The standard InChI is InChI=1S/C20H17N5/c1-14-19(20(21)25(24-14)18-9-3-2-4-10-18)23-22-17-12-11-15-7-5-6-8-16(15)13-17/h2-13H,21H2,1H3. The predicted octanol–water partition coefficient (Wildman–Crippen LogP) is 5.33. The van der Waals surface area contributed by atoms with Gasteiger partial charge in [0.25, 0.3) is 0 Å². The Morgan fingerprint density at radius 2 is 1.56 bits per heavy atom. The fourth-order valence-electron chi connectivity index (χ4n) is 2.77. The van der Waals surface area contributed by atoms with E-state index in [1.54, 1.807) is 4.68 Å². The van der Waals surface area contributed by atoms with Gasteiger partial charge in [-0.15, -0.1) is 5.11 Å². The Morgan fingerprint density at radius 1 is 0.840 bits per heavy atom. The molecule has 0 aliphatic heterocycles. The Bertz CT molecular complexity index is 1060. The van der Waals surface area contributed by atoms with E-state index in [1.807, 2.05) is 67.6 Å². The number of aryl methyl sites for hydroxylation is 1. The Labute approximate surface area is 145 Å². The Balaban J connectivity index is 1.70. The van der Waals surface area contributed by atoms with Crippen LogP contribution in [0.3, 0.4) is 0 Å². The molecule has 4 aromatic rings. The minimum Gasteiger partial charge on any atom is -0.382 e. The summed E-state index contributed by atoms with van der Waals surface area (Å²) in [6.07, 6.45) is 0. The zero-order chi connectivity index (χ0) is 17.2. The molecule has 0 fully saturated rings. The molecule has 5 nitrogen and oxygen atoms in total. The molecule has 0 saturated carbocycles. The van der Waals surface area contributed by atoms with Gasteiger partial charge in [-0.2, -0.15) is 10.2 Å². The molecule has 4 rings (SSSR count). The van der Waals surface area contributed by atoms with Crippen molar-refractivity contribution in [1.29, 1.82) is 0 Å². The highest BCUT2D eigenvalue weighted by molar-refractivity contribution is 5.85. The van der Waals surface area contributed by atoms with Crippen LogP contribution in [0.5, 0.6) is 0 Å². The third-order valence-electron chi connectivity index (χ3n) is 4.06. The van der Waals surface area contributed by atoms with Gasteiger partial charge in [0, 0.05) is 0 Å². The molecule has 0 saturated heterocycles. The molecule has 1 heterocycles. The Morgan fingerprint density at radius 3 is 2.36 bits per heavy atom. The first-order chi connectivity index (χ1) is 12.2. The van der Waals surface area contributed by atoms with E-state index >= 15 is 0 Å². The lowest BCUT2D eigenvalue weighted by atomic mass is 10.1. The quantitative estimate of drug-likeness (QED) is 0.517. The van der Waals surface area contributed by atoms with Crippen molar-refractivity contribution in [3.05, 3.63) is 78.5 Å². The van der Waals surface area contributed by atoms with Crippen LogP contribution in [0.4, 0.5) is 17.2 Å². The maximum Gasteiger partial charge on any atom is 0.155 e. The molecule has 0 bridgehead atoms. The van der Waals surface area contributed by atoms with Crippen LogP contribution < -0.4 is 5.73 Å². The number of hydrogen-bond donors (Lipinski definition) is 1. The largest absolute Gasteiger partial charge is 0.382 e. The lowest BCUT2D eigenvalue weighted by molar-refractivity contribution is 0.872. The summed E-state index contributed by atoms with van der Waals surface area (Å²) in [5.74, 6) is 0.480. The van der Waals surface area contributed by atoms with Crippen LogP contribution in [-0.2, 0) is 0 Å². The molecule has 0 amide bonds. The first kappa shape index (κ1) is 15.1. The highest BCUT2D eigenvalue weighted by Gasteiger charge is 2.13. The van der Waals surface area contributed by atoms with E-state index in [0.717, 1.165) is 22.5 Å². The van der Waals surface area contributed by atoms with Crippen molar-refractivity contribution < 1.29 is 0 Å². The summed E-state index contributed by atoms with van der Waals surface area (Å²) in [5.41, 5.74) is 9.25. The average Bonchev–Trinajstić information content (AvgIpc) is 2.94. The summed E-state index contributed by atoms with van der Waals surface area (Å²) >= 11 is 0. The molecule has 0 radical (unpaired) electrons. The van der Waals surface area contributed by atoms with E-state index in [2.05, 4.69) is 27.5 Å². The van der Waals surface area contributed by atoms with Gasteiger partial charge in [0.1, 0.15) is 0 Å². The van der Waals surface area contributed by atoms with Crippen LogP contribution in [0.25, 0.3) is 16.5 Å². The van der Waals surface area contributed by atoms with Crippen LogP contribution in [0, 0.1) is 6.92 Å². The fraction of sp³-hybridized carbons (Fsp3) is 0.0500. The smallest absolute Gasteiger partial charge is 0.155 e. The number of anilines is 1. The van der Waals surface area contributed by atoms with Crippen LogP contribution in [0.2, 0.25) is 0 Å². The second kappa shape index (κ2) is 6.20. The molecule has 0 spiro atoms. The molecular formula is C20H17N5. The monoisotopic (exact) mass is 327 g/mol. The van der Waals surface area contributed by atoms with E-state index in [-0.39, 0.29) is 0 Å². The van der Waals surface area contributed by atoms with Gasteiger partial charge < -0.3 is 5.73 Å². The van der Waals surface area contributed by atoms with E-state index in [9.17, 15) is 0 Å². The molecule has 0 aliphatic carbocycles. The summed E-state index contributed by atoms with van der Waals surface area (Å²) in [7, 11) is 0. The molecule has 0 unspecified atom stereocenters. The maximum atomic E-state index is 6.24. The van der Waals surface area contributed by atoms with Gasteiger partial charge in [0.2, 0.25) is 0 Å². The first-order valence-corrected chi connectivity index (χ1v) is 8.03. The fourth-order valence-corrected chi connectivity index (χ4v) is 2.77. The Kier molecular flexibility index (Phi) is 3.74. The molecule has 25 heavy (non-hydrogen) atoms. The average molecular weight is 327 g/mol. The lowest BCUT2D eigenvalue weighted by Crippen LogP contribution is -2.01. The molecular weight excluding hydrogens is 310 g/mol. The number of nitrogens with zero attached hydrogens (tertiary/aromatic N) is 4. The SMILES string of the molecule is Cc1nn(-c2ccccc2)c(N)c1N=Nc1ccc2ccccc2c1. The van der Waals surface area contributed by atoms with Gasteiger partial charge in [-0.1, -0.05) is 48.5 Å². The van der Waals surface area contributed by atoms with Crippen molar-refractivity contribution in [1.82, 2.24) is 9.78 Å². The van der Waals surface area contributed by atoms with E-state index < -0.39 is 0 Å². The summed E-state index contributed by atoms with van der Waals surface area (Å²) in [6.45, 7) is 1.88. The first-order valence-electron chi connectivity index (χ1n) is 8.03. The second-order valence-electron chi connectivity index (χ2n) is 5.80. The van der Waals surface area contributed by atoms with E-state index in [1.165, 1.54) is 5.39 Å². The van der Waals surface area contributed by atoms with Gasteiger partial charge in [-0.05, 0) is 42.0 Å². The van der Waals surface area contributed by atoms with Crippen LogP contribution in [0.1, 0.15) is 5.69 Å². The number of benzene rings is 3. The number of hydrogen-bond acceptors (Lipinski definition) is 4. The highest BCUT2D eigenvalue weighted by Crippen LogP contribution is 2.31. The minimum atomic E-state index is 0.480. The minimum absolute atomic E-state index is 0.480. The van der Waals surface area contributed by atoms with Crippen molar-refractivity contribution in [2.24, 2.45) is 10.2 Å². The zero-order valence-corrected chi connectivity index (χ0v) is 13.8. The normalized spacial score (nSPS) is 11.4. The second-order valence-corrected chi connectivity index (χ2v) is 5.80. The molecule has 2 N–H and O–H groups in total. The Hall–Kier alpha value is -3.47. The maximum absolute atomic E-state index is 6.24. The van der Waals surface area contributed by atoms with Crippen molar-refractivity contribution in [3.8, 4) is 5.69 Å². The number of nitrogens with two attached hydrogens (primary N) is 1. The molecule has 3 aromatic carbocycles. The summed E-state index contributed by atoms with van der Waals surface area (Å²) in [6, 6.07) is 23.9. The molecule has 1 aromatic heterocycles. The molecule has 122 valence electrons. The van der Waals surface area contributed by atoms with Crippen LogP contribution in [-0.4, -0.2) is 9.78 Å². The number of fused-ring (bicyclic) bond motifs is 1. The van der Waals surface area contributed by atoms with Crippen molar-refractivity contribution in [2.45, 2.75) is 6.92 Å². The van der Waals surface area contributed by atoms with Gasteiger partial charge in [-0.25, -0.2) is 4.68 Å². The summed E-state index contributed by atoms with van der Waals surface area (Å²) < 4.78 is 1.68. The van der Waals surface area contributed by atoms with E-state index in [4.69, 9.17) is 5.73 Å². The number of para-hydroxylation sites is 1. The number of rotatable bonds is 3. The third-order valence-corrected chi connectivity index (χ3v) is 4.06. The zero-order valence-electron chi connectivity index (χ0n) is 13.8. The highest BCUT2D eigenvalue weighted by atomic mass is 15.3. The topological polar surface area (TPSA) is 68.6 Å². The van der Waals surface area contributed by atoms with Crippen molar-refractivity contribution in [2.75, 3.05) is 5.73 Å². The van der Waals surface area contributed by atoms with Crippen molar-refractivity contribution in [3.63, 3.8) is 0 Å². The third kappa shape index (κ3) is 2.87. The molecule has 0 aliphatic rings. The van der Waals surface area contributed by atoms with Crippen LogP contribution >= 0.6 is 0 Å². The van der Waals surface area contributed by atoms with Crippen molar-refractivity contribution >= 4 is 28.0 Å².